The van der Waals surface area contributed by atoms with Crippen LogP contribution in [-0.2, 0) is 11.2 Å². The van der Waals surface area contributed by atoms with Gasteiger partial charge >= 0.3 is 0 Å². The minimum Gasteiger partial charge on any atom is -0.345 e. The van der Waals surface area contributed by atoms with E-state index in [1.165, 1.54) is 10.4 Å². The molecule has 1 amide bonds. The maximum absolute atomic E-state index is 12.6. The normalized spacial score (nSPS) is 19.1. The number of hydrogen-bond donors (Lipinski definition) is 1. The molecule has 1 aromatic rings. The molecule has 0 radical (unpaired) electrons. The van der Waals surface area contributed by atoms with E-state index in [0.29, 0.717) is 6.54 Å². The van der Waals surface area contributed by atoms with Crippen molar-refractivity contribution in [2.45, 2.75) is 39.0 Å². The summed E-state index contributed by atoms with van der Waals surface area (Å²) in [6.07, 6.45) is 3.24. The maximum Gasteiger partial charge on any atom is 0.229 e. The number of thiophene rings is 1. The molecule has 0 fully saturated rings. The summed E-state index contributed by atoms with van der Waals surface area (Å²) in [6, 6.07) is 2.13. The van der Waals surface area contributed by atoms with Crippen LogP contribution in [0.3, 0.4) is 0 Å². The molecule has 0 spiro atoms. The fraction of sp³-hybridized carbons (Fsp3) is 0.667. The molecule has 2 N–H and O–H groups in total. The number of rotatable bonds is 4. The Kier molecular flexibility index (Phi) is 4.31. The topological polar surface area (TPSA) is 46.3 Å². The number of aryl methyl sites for hydroxylation is 1. The fourth-order valence-electron chi connectivity index (χ4n) is 2.79. The van der Waals surface area contributed by atoms with Crippen LogP contribution >= 0.6 is 11.3 Å². The lowest BCUT2D eigenvalue weighted by Gasteiger charge is -2.32. The summed E-state index contributed by atoms with van der Waals surface area (Å²) in [4.78, 5) is 15.9. The van der Waals surface area contributed by atoms with E-state index >= 15 is 0 Å². The van der Waals surface area contributed by atoms with Gasteiger partial charge in [-0.05, 0) is 48.2 Å². The van der Waals surface area contributed by atoms with E-state index in [1.807, 2.05) is 11.9 Å². The quantitative estimate of drug-likeness (QED) is 0.921. The molecule has 0 saturated heterocycles. The Balaban J connectivity index is 2.09. The minimum absolute atomic E-state index is 0.0173. The predicted octanol–water partition coefficient (Wildman–Crippen LogP) is 2.61. The third-order valence-corrected chi connectivity index (χ3v) is 4.94. The fourth-order valence-corrected chi connectivity index (χ4v) is 3.78. The SMILES string of the molecule is CN(CC(C)(C)CN)C(=O)C1CCCc2sccc21. The second kappa shape index (κ2) is 5.63. The Morgan fingerprint density at radius 2 is 2.32 bits per heavy atom. The van der Waals surface area contributed by atoms with Crippen LogP contribution in [0.2, 0.25) is 0 Å². The predicted molar refractivity (Wildman–Crippen MR) is 80.5 cm³/mol. The lowest BCUT2D eigenvalue weighted by Crippen LogP contribution is -2.42. The van der Waals surface area contributed by atoms with Crippen molar-refractivity contribution in [1.82, 2.24) is 4.90 Å². The molecule has 0 aliphatic heterocycles. The molecule has 3 nitrogen and oxygen atoms in total. The molecular weight excluding hydrogens is 256 g/mol. The largest absolute Gasteiger partial charge is 0.345 e. The molecule has 106 valence electrons. The summed E-state index contributed by atoms with van der Waals surface area (Å²) in [5, 5.41) is 2.11. The van der Waals surface area contributed by atoms with Gasteiger partial charge in [0, 0.05) is 18.5 Å². The Bertz CT molecular complexity index is 453. The van der Waals surface area contributed by atoms with E-state index in [-0.39, 0.29) is 17.2 Å². The van der Waals surface area contributed by atoms with E-state index < -0.39 is 0 Å². The van der Waals surface area contributed by atoms with Crippen molar-refractivity contribution in [2.24, 2.45) is 11.1 Å². The van der Waals surface area contributed by atoms with Crippen LogP contribution in [0.1, 0.15) is 43.0 Å². The first-order valence-corrected chi connectivity index (χ1v) is 7.84. The highest BCUT2D eigenvalue weighted by atomic mass is 32.1. The summed E-state index contributed by atoms with van der Waals surface area (Å²) in [6.45, 7) is 5.53. The first-order valence-electron chi connectivity index (χ1n) is 6.96. The Hall–Kier alpha value is -0.870. The highest BCUT2D eigenvalue weighted by Gasteiger charge is 2.31. The van der Waals surface area contributed by atoms with Crippen LogP contribution in [0.15, 0.2) is 11.4 Å². The second-order valence-electron chi connectivity index (χ2n) is 6.31. The van der Waals surface area contributed by atoms with Crippen LogP contribution < -0.4 is 5.73 Å². The number of amides is 1. The molecule has 1 aliphatic rings. The van der Waals surface area contributed by atoms with Crippen molar-refractivity contribution in [1.29, 1.82) is 0 Å². The standard InChI is InChI=1S/C15H24N2OS/c1-15(2,9-16)10-17(3)14(18)12-5-4-6-13-11(12)7-8-19-13/h7-8,12H,4-6,9-10,16H2,1-3H3. The van der Waals surface area contributed by atoms with Crippen LogP contribution in [0.5, 0.6) is 0 Å². The summed E-state index contributed by atoms with van der Waals surface area (Å²) in [7, 11) is 1.90. The molecule has 1 heterocycles. The third-order valence-electron chi connectivity index (χ3n) is 3.94. The summed E-state index contributed by atoms with van der Waals surface area (Å²) in [5.41, 5.74) is 7.00. The monoisotopic (exact) mass is 280 g/mol. The van der Waals surface area contributed by atoms with E-state index in [0.717, 1.165) is 25.8 Å². The zero-order chi connectivity index (χ0) is 14.0. The van der Waals surface area contributed by atoms with Crippen molar-refractivity contribution >= 4 is 17.2 Å². The van der Waals surface area contributed by atoms with Crippen molar-refractivity contribution in [2.75, 3.05) is 20.1 Å². The molecule has 1 unspecified atom stereocenters. The average molecular weight is 280 g/mol. The summed E-state index contributed by atoms with van der Waals surface area (Å²) < 4.78 is 0. The van der Waals surface area contributed by atoms with Gasteiger partial charge in [-0.25, -0.2) is 0 Å². The first-order chi connectivity index (χ1) is 8.94. The average Bonchev–Trinajstić information content (AvgIpc) is 2.85. The van der Waals surface area contributed by atoms with Crippen molar-refractivity contribution in [3.63, 3.8) is 0 Å². The highest BCUT2D eigenvalue weighted by molar-refractivity contribution is 7.10. The smallest absolute Gasteiger partial charge is 0.229 e. The number of nitrogens with two attached hydrogens (primary N) is 1. The van der Waals surface area contributed by atoms with Gasteiger partial charge in [-0.3, -0.25) is 4.79 Å². The van der Waals surface area contributed by atoms with Gasteiger partial charge in [-0.1, -0.05) is 13.8 Å². The van der Waals surface area contributed by atoms with Gasteiger partial charge < -0.3 is 10.6 Å². The van der Waals surface area contributed by atoms with Gasteiger partial charge in [0.25, 0.3) is 0 Å². The maximum atomic E-state index is 12.6. The van der Waals surface area contributed by atoms with Crippen LogP contribution in [0.25, 0.3) is 0 Å². The van der Waals surface area contributed by atoms with E-state index in [9.17, 15) is 4.79 Å². The van der Waals surface area contributed by atoms with Crippen LogP contribution in [0.4, 0.5) is 0 Å². The number of hydrogen-bond acceptors (Lipinski definition) is 3. The van der Waals surface area contributed by atoms with E-state index in [4.69, 9.17) is 5.73 Å². The van der Waals surface area contributed by atoms with Gasteiger partial charge in [0.15, 0.2) is 0 Å². The molecule has 0 saturated carbocycles. The van der Waals surface area contributed by atoms with Crippen molar-refractivity contribution < 1.29 is 4.79 Å². The summed E-state index contributed by atoms with van der Waals surface area (Å²) in [5.74, 6) is 0.314. The molecule has 0 bridgehead atoms. The molecule has 1 atom stereocenters. The van der Waals surface area contributed by atoms with E-state index in [2.05, 4.69) is 25.3 Å². The third kappa shape index (κ3) is 3.18. The first kappa shape index (κ1) is 14.5. The number of carbonyl (C=O) groups excluding carboxylic acids is 1. The van der Waals surface area contributed by atoms with Gasteiger partial charge in [0.2, 0.25) is 5.91 Å². The van der Waals surface area contributed by atoms with Crippen LogP contribution in [0, 0.1) is 5.41 Å². The van der Waals surface area contributed by atoms with Gasteiger partial charge in [0.05, 0.1) is 5.92 Å². The molecule has 1 aliphatic carbocycles. The van der Waals surface area contributed by atoms with Crippen LogP contribution in [-0.4, -0.2) is 30.9 Å². The molecule has 4 heteroatoms. The zero-order valence-electron chi connectivity index (χ0n) is 12.1. The summed E-state index contributed by atoms with van der Waals surface area (Å²) >= 11 is 1.79. The second-order valence-corrected chi connectivity index (χ2v) is 7.31. The van der Waals surface area contributed by atoms with Gasteiger partial charge in [0.1, 0.15) is 0 Å². The minimum atomic E-state index is -0.0173. The number of likely N-dealkylation sites (N-methyl/N-ethyl adjacent to an activating group) is 1. The molecule has 1 aromatic heterocycles. The number of carbonyl (C=O) groups is 1. The van der Waals surface area contributed by atoms with Gasteiger partial charge in [-0.15, -0.1) is 11.3 Å². The molecule has 0 aromatic carbocycles. The number of fused-ring (bicyclic) bond motifs is 1. The van der Waals surface area contributed by atoms with E-state index in [1.54, 1.807) is 11.3 Å². The number of nitrogens with zero attached hydrogens (tertiary/aromatic N) is 1. The molecular formula is C15H24N2OS. The Morgan fingerprint density at radius 3 is 3.00 bits per heavy atom. The van der Waals surface area contributed by atoms with Crippen molar-refractivity contribution in [3.05, 3.63) is 21.9 Å². The lowest BCUT2D eigenvalue weighted by molar-refractivity contribution is -0.133. The lowest BCUT2D eigenvalue weighted by atomic mass is 9.86. The van der Waals surface area contributed by atoms with Crippen molar-refractivity contribution in [3.8, 4) is 0 Å². The highest BCUT2D eigenvalue weighted by Crippen LogP contribution is 2.36. The molecule has 19 heavy (non-hydrogen) atoms. The molecule has 2 rings (SSSR count). The zero-order valence-corrected chi connectivity index (χ0v) is 12.9. The van der Waals surface area contributed by atoms with Gasteiger partial charge in [-0.2, -0.15) is 0 Å². The Morgan fingerprint density at radius 1 is 1.58 bits per heavy atom. The Labute approximate surface area is 119 Å².